The van der Waals surface area contributed by atoms with Crippen molar-refractivity contribution in [2.24, 2.45) is 0 Å². The molecule has 0 bridgehead atoms. The summed E-state index contributed by atoms with van der Waals surface area (Å²) in [6.45, 7) is 5.26. The van der Waals surface area contributed by atoms with E-state index >= 15 is 0 Å². The summed E-state index contributed by atoms with van der Waals surface area (Å²) in [6, 6.07) is 14.2. The van der Waals surface area contributed by atoms with Crippen LogP contribution in [0.1, 0.15) is 30.7 Å². The van der Waals surface area contributed by atoms with Crippen molar-refractivity contribution in [3.63, 3.8) is 0 Å². The Morgan fingerprint density at radius 2 is 1.47 bits per heavy atom. The zero-order valence-corrected chi connectivity index (χ0v) is 20.3. The molecule has 0 aromatic heterocycles. The molecule has 0 spiro atoms. The van der Waals surface area contributed by atoms with E-state index in [1.54, 1.807) is 6.07 Å². The minimum Gasteiger partial charge on any atom is -0.389 e. The maximum absolute atomic E-state index is 11.2. The number of piperazine rings is 1. The molecule has 1 atom stereocenters. The second-order valence-corrected chi connectivity index (χ2v) is 9.27. The first kappa shape index (κ1) is 25.7. The molecular formula is C23H30Cl4N2O. The van der Waals surface area contributed by atoms with E-state index in [-0.39, 0.29) is 30.7 Å². The van der Waals surface area contributed by atoms with Crippen molar-refractivity contribution in [2.75, 3.05) is 39.8 Å². The number of aliphatic hydroxyl groups is 1. The summed E-state index contributed by atoms with van der Waals surface area (Å²) >= 11 is 12.3. The Labute approximate surface area is 202 Å². The van der Waals surface area contributed by atoms with Crippen molar-refractivity contribution in [1.29, 1.82) is 0 Å². The fourth-order valence-electron chi connectivity index (χ4n) is 4.39. The van der Waals surface area contributed by atoms with Gasteiger partial charge < -0.3 is 14.9 Å². The SMILES string of the molecule is CN1CCN(CC(c2ccc(-c3cc(Cl)cc(Cl)c3)cc2)C2(O)CCC2)CC1.Cl.Cl. The smallest absolute Gasteiger partial charge is 0.0728 e. The molecule has 1 saturated carbocycles. The average molecular weight is 492 g/mol. The van der Waals surface area contributed by atoms with Gasteiger partial charge in [0, 0.05) is 48.7 Å². The van der Waals surface area contributed by atoms with Crippen molar-refractivity contribution in [3.05, 3.63) is 58.1 Å². The average Bonchev–Trinajstić information content (AvgIpc) is 2.65. The molecule has 1 unspecified atom stereocenters. The quantitative estimate of drug-likeness (QED) is 0.576. The molecular weight excluding hydrogens is 462 g/mol. The summed E-state index contributed by atoms with van der Waals surface area (Å²) in [4.78, 5) is 4.88. The number of hydrogen-bond acceptors (Lipinski definition) is 3. The summed E-state index contributed by atoms with van der Waals surface area (Å²) in [6.07, 6.45) is 2.92. The molecule has 1 N–H and O–H groups in total. The van der Waals surface area contributed by atoms with Crippen LogP contribution in [0.4, 0.5) is 0 Å². The molecule has 30 heavy (non-hydrogen) atoms. The molecule has 1 saturated heterocycles. The Hall–Kier alpha value is -0.520. The Morgan fingerprint density at radius 3 is 1.97 bits per heavy atom. The minimum atomic E-state index is -0.565. The third-order valence-corrected chi connectivity index (χ3v) is 6.85. The van der Waals surface area contributed by atoms with Gasteiger partial charge in [0.25, 0.3) is 0 Å². The van der Waals surface area contributed by atoms with Crippen LogP contribution in [0.15, 0.2) is 42.5 Å². The number of benzene rings is 2. The van der Waals surface area contributed by atoms with Crippen molar-refractivity contribution >= 4 is 48.0 Å². The van der Waals surface area contributed by atoms with Crippen LogP contribution in [-0.4, -0.2) is 60.3 Å². The molecule has 0 amide bonds. The van der Waals surface area contributed by atoms with Gasteiger partial charge in [-0.1, -0.05) is 47.5 Å². The topological polar surface area (TPSA) is 26.7 Å². The van der Waals surface area contributed by atoms with E-state index in [9.17, 15) is 5.11 Å². The zero-order valence-electron chi connectivity index (χ0n) is 17.2. The Kier molecular flexibility index (Phi) is 9.33. The standard InChI is InChI=1S/C23H28Cl2N2O.2ClH/c1-26-9-11-27(12-10-26)16-22(23(28)7-2-8-23)18-5-3-17(4-6-18)19-13-20(24)15-21(25)14-19;;/h3-6,13-15,22,28H,2,7-12,16H2,1H3;2*1H. The van der Waals surface area contributed by atoms with Crippen LogP contribution >= 0.6 is 48.0 Å². The van der Waals surface area contributed by atoms with Gasteiger partial charge in [0.1, 0.15) is 0 Å². The van der Waals surface area contributed by atoms with E-state index in [0.717, 1.165) is 63.1 Å². The summed E-state index contributed by atoms with van der Waals surface area (Å²) in [5, 5.41) is 12.5. The van der Waals surface area contributed by atoms with Gasteiger partial charge in [-0.15, -0.1) is 24.8 Å². The lowest BCUT2D eigenvalue weighted by molar-refractivity contribution is -0.0665. The van der Waals surface area contributed by atoms with Crippen molar-refractivity contribution in [2.45, 2.75) is 30.8 Å². The highest BCUT2D eigenvalue weighted by atomic mass is 35.5. The Morgan fingerprint density at radius 1 is 0.900 bits per heavy atom. The largest absolute Gasteiger partial charge is 0.389 e. The second kappa shape index (κ2) is 10.9. The monoisotopic (exact) mass is 490 g/mol. The van der Waals surface area contributed by atoms with E-state index in [1.165, 1.54) is 5.56 Å². The lowest BCUT2D eigenvalue weighted by Crippen LogP contribution is -2.51. The summed E-state index contributed by atoms with van der Waals surface area (Å²) in [7, 11) is 2.18. The van der Waals surface area contributed by atoms with Crippen molar-refractivity contribution < 1.29 is 5.11 Å². The fourth-order valence-corrected chi connectivity index (χ4v) is 4.92. The van der Waals surface area contributed by atoms with Gasteiger partial charge in [0.05, 0.1) is 5.60 Å². The zero-order chi connectivity index (χ0) is 19.7. The molecule has 166 valence electrons. The maximum Gasteiger partial charge on any atom is 0.0728 e. The number of rotatable bonds is 5. The molecule has 1 aliphatic heterocycles. The van der Waals surface area contributed by atoms with Crippen LogP contribution in [0.5, 0.6) is 0 Å². The van der Waals surface area contributed by atoms with Gasteiger partial charge in [-0.05, 0) is 61.2 Å². The number of halogens is 4. The molecule has 1 heterocycles. The fraction of sp³-hybridized carbons (Fsp3) is 0.478. The summed E-state index contributed by atoms with van der Waals surface area (Å²) in [5.74, 6) is 0.154. The number of likely N-dealkylation sites (N-methyl/N-ethyl adjacent to an activating group) is 1. The highest BCUT2D eigenvalue weighted by Crippen LogP contribution is 2.44. The third-order valence-electron chi connectivity index (χ3n) is 6.41. The number of nitrogens with zero attached hydrogens (tertiary/aromatic N) is 2. The first-order valence-corrected chi connectivity index (χ1v) is 10.9. The van der Waals surface area contributed by atoms with Crippen LogP contribution < -0.4 is 0 Å². The van der Waals surface area contributed by atoms with Crippen molar-refractivity contribution in [1.82, 2.24) is 9.80 Å². The van der Waals surface area contributed by atoms with Crippen LogP contribution in [0.2, 0.25) is 10.0 Å². The predicted molar refractivity (Wildman–Crippen MR) is 132 cm³/mol. The van der Waals surface area contributed by atoms with E-state index in [4.69, 9.17) is 23.2 Å². The van der Waals surface area contributed by atoms with Gasteiger partial charge in [0.2, 0.25) is 0 Å². The molecule has 2 aromatic rings. The van der Waals surface area contributed by atoms with Gasteiger partial charge >= 0.3 is 0 Å². The molecule has 7 heteroatoms. The van der Waals surface area contributed by atoms with Crippen LogP contribution in [-0.2, 0) is 0 Å². The normalized spacial score (nSPS) is 19.9. The molecule has 2 aliphatic rings. The molecule has 2 fully saturated rings. The van der Waals surface area contributed by atoms with Crippen LogP contribution in [0, 0.1) is 0 Å². The summed E-state index contributed by atoms with van der Waals surface area (Å²) in [5.41, 5.74) is 2.76. The molecule has 0 radical (unpaired) electrons. The Bertz CT molecular complexity index is 798. The van der Waals surface area contributed by atoms with E-state index in [0.29, 0.717) is 10.0 Å². The van der Waals surface area contributed by atoms with E-state index in [2.05, 4.69) is 41.1 Å². The minimum absolute atomic E-state index is 0. The van der Waals surface area contributed by atoms with Gasteiger partial charge in [-0.3, -0.25) is 0 Å². The summed E-state index contributed by atoms with van der Waals surface area (Å²) < 4.78 is 0. The lowest BCUT2D eigenvalue weighted by atomic mass is 9.68. The highest BCUT2D eigenvalue weighted by Gasteiger charge is 2.43. The van der Waals surface area contributed by atoms with Crippen LogP contribution in [0.25, 0.3) is 11.1 Å². The predicted octanol–water partition coefficient (Wildman–Crippen LogP) is 5.75. The molecule has 3 nitrogen and oxygen atoms in total. The first-order chi connectivity index (χ1) is 13.4. The van der Waals surface area contributed by atoms with E-state index < -0.39 is 5.60 Å². The van der Waals surface area contributed by atoms with Gasteiger partial charge in [-0.2, -0.15) is 0 Å². The first-order valence-electron chi connectivity index (χ1n) is 10.1. The van der Waals surface area contributed by atoms with Crippen molar-refractivity contribution in [3.8, 4) is 11.1 Å². The molecule has 1 aliphatic carbocycles. The highest BCUT2D eigenvalue weighted by molar-refractivity contribution is 6.35. The van der Waals surface area contributed by atoms with Gasteiger partial charge in [-0.25, -0.2) is 0 Å². The lowest BCUT2D eigenvalue weighted by Gasteiger charge is -2.46. The Balaban J connectivity index is 0.00000160. The van der Waals surface area contributed by atoms with Crippen LogP contribution in [0.3, 0.4) is 0 Å². The maximum atomic E-state index is 11.2. The molecule has 2 aromatic carbocycles. The van der Waals surface area contributed by atoms with Gasteiger partial charge in [0.15, 0.2) is 0 Å². The second-order valence-electron chi connectivity index (χ2n) is 8.39. The molecule has 4 rings (SSSR count). The third kappa shape index (κ3) is 5.83. The number of hydrogen-bond donors (Lipinski definition) is 1. The van der Waals surface area contributed by atoms with E-state index in [1.807, 2.05) is 12.1 Å².